The number of carbonyl (C=O) groups is 1. The number of carbonyl (C=O) groups excluding carboxylic acids is 1. The highest BCUT2D eigenvalue weighted by molar-refractivity contribution is 6.04. The Balaban J connectivity index is 1.52. The zero-order chi connectivity index (χ0) is 22.8. The number of benzene rings is 2. The summed E-state index contributed by atoms with van der Waals surface area (Å²) in [7, 11) is 2.08. The number of aromatic nitrogens is 3. The van der Waals surface area contributed by atoms with Gasteiger partial charge in [0.25, 0.3) is 5.91 Å². The third kappa shape index (κ3) is 4.51. The van der Waals surface area contributed by atoms with Gasteiger partial charge < -0.3 is 15.3 Å². The first-order valence-corrected chi connectivity index (χ1v) is 11.2. The zero-order valence-corrected chi connectivity index (χ0v) is 18.6. The van der Waals surface area contributed by atoms with E-state index in [1.54, 1.807) is 24.4 Å². The first kappa shape index (κ1) is 21.3. The molecular formula is C26H27N5O2. The molecule has 0 saturated carbocycles. The Labute approximate surface area is 192 Å². The molecule has 0 aliphatic carbocycles. The number of nitrogens with one attached hydrogen (secondary N) is 1. The minimum atomic E-state index is -0.813. The number of rotatable bonds is 5. The van der Waals surface area contributed by atoms with Gasteiger partial charge in [-0.3, -0.25) is 14.5 Å². The maximum atomic E-state index is 12.6. The van der Waals surface area contributed by atoms with Crippen molar-refractivity contribution in [3.63, 3.8) is 0 Å². The van der Waals surface area contributed by atoms with Crippen LogP contribution in [0.3, 0.4) is 0 Å². The zero-order valence-electron chi connectivity index (χ0n) is 18.6. The molecule has 0 unspecified atom stereocenters. The average Bonchev–Trinajstić information content (AvgIpc) is 3.19. The molecule has 2 aromatic heterocycles. The van der Waals surface area contributed by atoms with Crippen molar-refractivity contribution in [3.05, 3.63) is 78.6 Å². The van der Waals surface area contributed by atoms with Crippen LogP contribution >= 0.6 is 0 Å². The number of pyridine rings is 1. The van der Waals surface area contributed by atoms with Gasteiger partial charge in [0.1, 0.15) is 11.4 Å². The minimum Gasteiger partial charge on any atom is -0.388 e. The van der Waals surface area contributed by atoms with Crippen molar-refractivity contribution in [2.75, 3.05) is 25.5 Å². The monoisotopic (exact) mass is 441 g/mol. The minimum absolute atomic E-state index is 0.266. The van der Waals surface area contributed by atoms with Gasteiger partial charge in [-0.05, 0) is 50.2 Å². The SMILES string of the molecule is CN1CCC(O)(Cn2nc(-c3ccccc3)c3ccc(NC(=O)c4ccccn4)cc32)CC1. The maximum absolute atomic E-state index is 12.6. The van der Waals surface area contributed by atoms with Gasteiger partial charge in [-0.25, -0.2) is 0 Å². The fourth-order valence-corrected chi connectivity index (χ4v) is 4.35. The predicted molar refractivity (Wildman–Crippen MR) is 129 cm³/mol. The normalized spacial score (nSPS) is 16.1. The topological polar surface area (TPSA) is 83.3 Å². The first-order valence-electron chi connectivity index (χ1n) is 11.2. The van der Waals surface area contributed by atoms with E-state index in [-0.39, 0.29) is 5.91 Å². The van der Waals surface area contributed by atoms with E-state index in [2.05, 4.69) is 22.2 Å². The Bertz CT molecular complexity index is 1260. The highest BCUT2D eigenvalue weighted by Gasteiger charge is 2.32. The van der Waals surface area contributed by atoms with Crippen LogP contribution in [0.4, 0.5) is 5.69 Å². The van der Waals surface area contributed by atoms with Gasteiger partial charge in [0, 0.05) is 35.9 Å². The molecule has 0 spiro atoms. The molecule has 7 nitrogen and oxygen atoms in total. The largest absolute Gasteiger partial charge is 0.388 e. The molecular weight excluding hydrogens is 414 g/mol. The second-order valence-corrected chi connectivity index (χ2v) is 8.80. The number of hydrogen-bond donors (Lipinski definition) is 2. The second-order valence-electron chi connectivity index (χ2n) is 8.80. The van der Waals surface area contributed by atoms with Crippen LogP contribution in [0.25, 0.3) is 22.2 Å². The van der Waals surface area contributed by atoms with Gasteiger partial charge >= 0.3 is 0 Å². The Morgan fingerprint density at radius 1 is 1.06 bits per heavy atom. The molecule has 1 aliphatic rings. The number of aliphatic hydroxyl groups is 1. The Morgan fingerprint density at radius 2 is 1.82 bits per heavy atom. The summed E-state index contributed by atoms with van der Waals surface area (Å²) in [6.07, 6.45) is 2.99. The molecule has 1 fully saturated rings. The van der Waals surface area contributed by atoms with Crippen molar-refractivity contribution in [1.29, 1.82) is 0 Å². The quantitative estimate of drug-likeness (QED) is 0.492. The van der Waals surface area contributed by atoms with Crippen LogP contribution in [-0.2, 0) is 6.54 Å². The van der Waals surface area contributed by atoms with Gasteiger partial charge in [0.2, 0.25) is 0 Å². The van der Waals surface area contributed by atoms with Crippen LogP contribution in [0.1, 0.15) is 23.3 Å². The van der Waals surface area contributed by atoms with Crippen LogP contribution in [0.2, 0.25) is 0 Å². The van der Waals surface area contributed by atoms with Gasteiger partial charge in [-0.1, -0.05) is 36.4 Å². The number of fused-ring (bicyclic) bond motifs is 1. The molecule has 7 heteroatoms. The molecule has 1 aliphatic heterocycles. The van der Waals surface area contributed by atoms with E-state index < -0.39 is 5.60 Å². The summed E-state index contributed by atoms with van der Waals surface area (Å²) in [6, 6.07) is 21.1. The summed E-state index contributed by atoms with van der Waals surface area (Å²) in [4.78, 5) is 19.0. The van der Waals surface area contributed by atoms with Crippen molar-refractivity contribution < 1.29 is 9.90 Å². The first-order chi connectivity index (χ1) is 16.0. The smallest absolute Gasteiger partial charge is 0.274 e. The molecule has 5 rings (SSSR count). The third-order valence-electron chi connectivity index (χ3n) is 6.32. The molecule has 2 N–H and O–H groups in total. The van der Waals surface area contributed by atoms with Gasteiger partial charge in [0.05, 0.1) is 17.7 Å². The predicted octanol–water partition coefficient (Wildman–Crippen LogP) is 3.81. The van der Waals surface area contributed by atoms with Crippen molar-refractivity contribution >= 4 is 22.5 Å². The summed E-state index contributed by atoms with van der Waals surface area (Å²) >= 11 is 0. The fraction of sp³-hybridized carbons (Fsp3) is 0.269. The molecule has 0 bridgehead atoms. The van der Waals surface area contributed by atoms with E-state index in [1.807, 2.05) is 53.2 Å². The lowest BCUT2D eigenvalue weighted by molar-refractivity contribution is -0.0305. The van der Waals surface area contributed by atoms with E-state index in [1.165, 1.54) is 0 Å². The van der Waals surface area contributed by atoms with Gasteiger partial charge in [0.15, 0.2) is 0 Å². The highest BCUT2D eigenvalue weighted by Crippen LogP contribution is 2.32. The Kier molecular flexibility index (Phi) is 5.66. The summed E-state index contributed by atoms with van der Waals surface area (Å²) < 4.78 is 1.89. The lowest BCUT2D eigenvalue weighted by Crippen LogP contribution is -2.45. The number of likely N-dealkylation sites (tertiary alicyclic amines) is 1. The summed E-state index contributed by atoms with van der Waals surface area (Å²) in [6.45, 7) is 2.11. The second kappa shape index (κ2) is 8.77. The lowest BCUT2D eigenvalue weighted by atomic mass is 9.91. The molecule has 3 heterocycles. The van der Waals surface area contributed by atoms with Crippen LogP contribution in [0.5, 0.6) is 0 Å². The summed E-state index contributed by atoms with van der Waals surface area (Å²) in [5.74, 6) is -0.266. The fourth-order valence-electron chi connectivity index (χ4n) is 4.35. The molecule has 33 heavy (non-hydrogen) atoms. The van der Waals surface area contributed by atoms with Gasteiger partial charge in [-0.15, -0.1) is 0 Å². The van der Waals surface area contributed by atoms with Crippen molar-refractivity contribution in [3.8, 4) is 11.3 Å². The summed E-state index contributed by atoms with van der Waals surface area (Å²) in [5, 5.41) is 20.1. The molecule has 2 aromatic carbocycles. The molecule has 1 amide bonds. The molecule has 168 valence electrons. The van der Waals surface area contributed by atoms with E-state index in [0.717, 1.165) is 35.2 Å². The number of piperidine rings is 1. The van der Waals surface area contributed by atoms with Crippen molar-refractivity contribution in [2.24, 2.45) is 0 Å². The number of anilines is 1. The van der Waals surface area contributed by atoms with E-state index in [9.17, 15) is 9.90 Å². The Morgan fingerprint density at radius 3 is 2.55 bits per heavy atom. The standard InChI is InChI=1S/C26H27N5O2/c1-30-15-12-26(33,13-16-30)18-31-23-17-20(28-25(32)22-9-5-6-14-27-22)10-11-21(23)24(29-31)19-7-3-2-4-8-19/h2-11,14,17,33H,12-13,15-16,18H2,1H3,(H,28,32). The van der Waals surface area contributed by atoms with Crippen LogP contribution in [-0.4, -0.2) is 56.4 Å². The van der Waals surface area contributed by atoms with Crippen LogP contribution < -0.4 is 5.32 Å². The number of nitrogens with zero attached hydrogens (tertiary/aromatic N) is 4. The van der Waals surface area contributed by atoms with Crippen LogP contribution in [0, 0.1) is 0 Å². The van der Waals surface area contributed by atoms with E-state index in [4.69, 9.17) is 5.10 Å². The van der Waals surface area contributed by atoms with Gasteiger partial charge in [-0.2, -0.15) is 5.10 Å². The third-order valence-corrected chi connectivity index (χ3v) is 6.32. The number of amides is 1. The van der Waals surface area contributed by atoms with E-state index in [0.29, 0.717) is 30.8 Å². The van der Waals surface area contributed by atoms with Crippen molar-refractivity contribution in [1.82, 2.24) is 19.7 Å². The van der Waals surface area contributed by atoms with E-state index >= 15 is 0 Å². The average molecular weight is 442 g/mol. The maximum Gasteiger partial charge on any atom is 0.274 e. The van der Waals surface area contributed by atoms with Crippen molar-refractivity contribution in [2.45, 2.75) is 25.0 Å². The molecule has 4 aromatic rings. The molecule has 0 atom stereocenters. The molecule has 0 radical (unpaired) electrons. The molecule has 1 saturated heterocycles. The number of hydrogen-bond acceptors (Lipinski definition) is 5. The Hall–Kier alpha value is -3.55. The lowest BCUT2D eigenvalue weighted by Gasteiger charge is -2.36. The summed E-state index contributed by atoms with van der Waals surface area (Å²) in [5.41, 5.74) is 2.96. The highest BCUT2D eigenvalue weighted by atomic mass is 16.3. The van der Waals surface area contributed by atoms with Crippen LogP contribution in [0.15, 0.2) is 72.9 Å².